The number of aromatic nitrogens is 2. The Balaban J connectivity index is 1.93. The van der Waals surface area contributed by atoms with E-state index >= 15 is 0 Å². The number of para-hydroxylation sites is 1. The van der Waals surface area contributed by atoms with E-state index in [-0.39, 0.29) is 10.1 Å². The summed E-state index contributed by atoms with van der Waals surface area (Å²) in [4.78, 5) is 25.1. The minimum atomic E-state index is -3.84. The Morgan fingerprint density at radius 3 is 2.32 bits per heavy atom. The molecule has 1 atom stereocenters. The van der Waals surface area contributed by atoms with Gasteiger partial charge >= 0.3 is 11.1 Å². The van der Waals surface area contributed by atoms with Crippen LogP contribution in [-0.2, 0) is 24.1 Å². The lowest BCUT2D eigenvalue weighted by Gasteiger charge is -2.33. The lowest BCUT2D eigenvalue weighted by atomic mass is 10.3. The normalized spacial score (nSPS) is 17.0. The minimum Gasteiger partial charge on any atom is -0.305 e. The molecule has 28 heavy (non-hydrogen) atoms. The van der Waals surface area contributed by atoms with Gasteiger partial charge in [0.15, 0.2) is 0 Å². The number of sulfonamides is 1. The first-order chi connectivity index (χ1) is 13.2. The fraction of sp³-hybridized carbons (Fsp3) is 0.263. The molecule has 0 aliphatic carbocycles. The summed E-state index contributed by atoms with van der Waals surface area (Å²) in [6.45, 7) is 2.34. The third-order valence-corrected chi connectivity index (χ3v) is 7.86. The van der Waals surface area contributed by atoms with Crippen molar-refractivity contribution < 1.29 is 8.42 Å². The number of hydrogen-bond donors (Lipinski definition) is 0. The molecule has 4 rings (SSSR count). The highest BCUT2D eigenvalue weighted by molar-refractivity contribution is 8.00. The van der Waals surface area contributed by atoms with E-state index in [1.54, 1.807) is 23.9 Å². The molecule has 2 heterocycles. The fourth-order valence-electron chi connectivity index (χ4n) is 3.43. The average molecular weight is 418 g/mol. The van der Waals surface area contributed by atoms with Crippen molar-refractivity contribution in [2.75, 3.05) is 10.8 Å². The maximum atomic E-state index is 13.4. The van der Waals surface area contributed by atoms with Crippen LogP contribution >= 0.6 is 11.8 Å². The van der Waals surface area contributed by atoms with Gasteiger partial charge in [-0.1, -0.05) is 19.1 Å². The third kappa shape index (κ3) is 2.77. The first kappa shape index (κ1) is 18.8. The SMILES string of the molecule is CC1CN(S(=O)(=O)c2ccc3c(c2)n(C)c(=O)c(=O)n3C)c2ccccc2S1. The standard InChI is InChI=1S/C19H19N3O4S2/c1-12-11-22(15-6-4-5-7-17(15)27-12)28(25,26)13-8-9-14-16(10-13)21(3)19(24)18(23)20(14)2/h4-10,12H,11H2,1-3H3. The highest BCUT2D eigenvalue weighted by Gasteiger charge is 2.32. The quantitative estimate of drug-likeness (QED) is 0.595. The van der Waals surface area contributed by atoms with E-state index < -0.39 is 21.1 Å². The van der Waals surface area contributed by atoms with Crippen molar-refractivity contribution in [1.29, 1.82) is 0 Å². The molecule has 1 aromatic heterocycles. The summed E-state index contributed by atoms with van der Waals surface area (Å²) in [6.07, 6.45) is 0. The molecule has 0 saturated heterocycles. The molecule has 1 aliphatic heterocycles. The predicted octanol–water partition coefficient (Wildman–Crippen LogP) is 1.93. The van der Waals surface area contributed by atoms with Gasteiger partial charge in [-0.25, -0.2) is 8.42 Å². The Morgan fingerprint density at radius 1 is 0.964 bits per heavy atom. The number of fused-ring (bicyclic) bond motifs is 2. The topological polar surface area (TPSA) is 81.4 Å². The Kier molecular flexibility index (Phi) is 4.39. The van der Waals surface area contributed by atoms with E-state index in [9.17, 15) is 18.0 Å². The Hall–Kier alpha value is -2.52. The van der Waals surface area contributed by atoms with Crippen molar-refractivity contribution in [2.24, 2.45) is 14.1 Å². The molecule has 0 saturated carbocycles. The second kappa shape index (κ2) is 6.52. The van der Waals surface area contributed by atoms with Crippen LogP contribution in [0.1, 0.15) is 6.92 Å². The molecule has 0 amide bonds. The maximum absolute atomic E-state index is 13.4. The lowest BCUT2D eigenvalue weighted by Crippen LogP contribution is -2.40. The molecule has 2 aromatic carbocycles. The Bertz CT molecular complexity index is 1330. The zero-order valence-corrected chi connectivity index (χ0v) is 17.3. The van der Waals surface area contributed by atoms with Gasteiger partial charge in [-0.2, -0.15) is 0 Å². The van der Waals surface area contributed by atoms with Gasteiger partial charge in [0.2, 0.25) is 0 Å². The lowest BCUT2D eigenvalue weighted by molar-refractivity contribution is 0.589. The van der Waals surface area contributed by atoms with Gasteiger partial charge in [0.05, 0.1) is 21.6 Å². The van der Waals surface area contributed by atoms with Crippen molar-refractivity contribution in [3.05, 3.63) is 63.2 Å². The molecular formula is C19H19N3O4S2. The number of benzene rings is 2. The van der Waals surface area contributed by atoms with Crippen LogP contribution in [0.25, 0.3) is 11.0 Å². The van der Waals surface area contributed by atoms with Gasteiger partial charge in [0, 0.05) is 30.8 Å². The number of thioether (sulfide) groups is 1. The van der Waals surface area contributed by atoms with E-state index in [4.69, 9.17) is 0 Å². The highest BCUT2D eigenvalue weighted by Crippen LogP contribution is 2.40. The van der Waals surface area contributed by atoms with Gasteiger partial charge in [0.1, 0.15) is 0 Å². The summed E-state index contributed by atoms with van der Waals surface area (Å²) in [6, 6.07) is 11.9. The van der Waals surface area contributed by atoms with Crippen LogP contribution in [-0.4, -0.2) is 29.3 Å². The Labute approximate surface area is 166 Å². The van der Waals surface area contributed by atoms with Crippen LogP contribution < -0.4 is 15.4 Å². The zero-order valence-electron chi connectivity index (χ0n) is 15.6. The second-order valence-electron chi connectivity index (χ2n) is 6.81. The predicted molar refractivity (Wildman–Crippen MR) is 111 cm³/mol. The number of hydrogen-bond acceptors (Lipinski definition) is 5. The summed E-state index contributed by atoms with van der Waals surface area (Å²) in [5.41, 5.74) is 0.189. The van der Waals surface area contributed by atoms with Crippen LogP contribution in [0.5, 0.6) is 0 Å². The van der Waals surface area contributed by atoms with Gasteiger partial charge in [0.25, 0.3) is 10.0 Å². The van der Waals surface area contributed by atoms with Crippen molar-refractivity contribution in [3.8, 4) is 0 Å². The summed E-state index contributed by atoms with van der Waals surface area (Å²) < 4.78 is 30.8. The molecule has 7 nitrogen and oxygen atoms in total. The largest absolute Gasteiger partial charge is 0.316 e. The number of nitrogens with zero attached hydrogens (tertiary/aromatic N) is 3. The smallest absolute Gasteiger partial charge is 0.305 e. The molecule has 0 N–H and O–H groups in total. The average Bonchev–Trinajstić information content (AvgIpc) is 2.69. The van der Waals surface area contributed by atoms with E-state index in [0.717, 1.165) is 4.90 Å². The van der Waals surface area contributed by atoms with Gasteiger partial charge < -0.3 is 9.13 Å². The van der Waals surface area contributed by atoms with E-state index in [2.05, 4.69) is 0 Å². The maximum Gasteiger partial charge on any atom is 0.316 e. The van der Waals surface area contributed by atoms with Crippen LogP contribution in [0.2, 0.25) is 0 Å². The number of rotatable bonds is 2. The molecule has 146 valence electrons. The highest BCUT2D eigenvalue weighted by atomic mass is 32.2. The van der Waals surface area contributed by atoms with Crippen molar-refractivity contribution in [3.63, 3.8) is 0 Å². The molecule has 0 spiro atoms. The fourth-order valence-corrected chi connectivity index (χ4v) is 6.28. The molecule has 0 bridgehead atoms. The summed E-state index contributed by atoms with van der Waals surface area (Å²) >= 11 is 1.65. The van der Waals surface area contributed by atoms with Gasteiger partial charge in [-0.3, -0.25) is 13.9 Å². The summed E-state index contributed by atoms with van der Waals surface area (Å²) in [7, 11) is -0.866. The first-order valence-electron chi connectivity index (χ1n) is 8.70. The monoisotopic (exact) mass is 417 g/mol. The molecule has 9 heteroatoms. The molecule has 1 unspecified atom stereocenters. The van der Waals surface area contributed by atoms with Crippen LogP contribution in [0.4, 0.5) is 5.69 Å². The van der Waals surface area contributed by atoms with E-state index in [0.29, 0.717) is 23.3 Å². The first-order valence-corrected chi connectivity index (χ1v) is 11.0. The molecule has 3 aromatic rings. The van der Waals surface area contributed by atoms with E-state index in [1.165, 1.54) is 39.7 Å². The molecule has 0 fully saturated rings. The van der Waals surface area contributed by atoms with Gasteiger partial charge in [-0.05, 0) is 30.3 Å². The van der Waals surface area contributed by atoms with Crippen LogP contribution in [0.15, 0.2) is 61.8 Å². The number of anilines is 1. The van der Waals surface area contributed by atoms with Crippen molar-refractivity contribution in [2.45, 2.75) is 22.0 Å². The second-order valence-corrected chi connectivity index (χ2v) is 10.2. The van der Waals surface area contributed by atoms with Gasteiger partial charge in [-0.15, -0.1) is 11.8 Å². The molecule has 1 aliphatic rings. The van der Waals surface area contributed by atoms with Crippen molar-refractivity contribution in [1.82, 2.24) is 9.13 Å². The molecule has 0 radical (unpaired) electrons. The summed E-state index contributed by atoms with van der Waals surface area (Å²) in [5.74, 6) is 0. The Morgan fingerprint density at radius 2 is 1.61 bits per heavy atom. The summed E-state index contributed by atoms with van der Waals surface area (Å²) in [5, 5.41) is 0.107. The van der Waals surface area contributed by atoms with Crippen molar-refractivity contribution >= 4 is 38.5 Å². The zero-order chi connectivity index (χ0) is 20.2. The van der Waals surface area contributed by atoms with Crippen LogP contribution in [0, 0.1) is 0 Å². The van der Waals surface area contributed by atoms with E-state index in [1.807, 2.05) is 25.1 Å². The number of aryl methyl sites for hydroxylation is 2. The minimum absolute atomic E-state index is 0.0857. The van der Waals surface area contributed by atoms with Crippen LogP contribution in [0.3, 0.4) is 0 Å². The third-order valence-electron chi connectivity index (χ3n) is 4.93. The molecular weight excluding hydrogens is 398 g/mol.